The number of imidazole rings is 1. The number of fused-ring (bicyclic) bond motifs is 2. The maximum absolute atomic E-state index is 12.2. The highest BCUT2D eigenvalue weighted by molar-refractivity contribution is 5.88. The third-order valence-electron chi connectivity index (χ3n) is 5.73. The van der Waals surface area contributed by atoms with Crippen LogP contribution < -0.4 is 14.2 Å². The summed E-state index contributed by atoms with van der Waals surface area (Å²) in [6.45, 7) is 3.01. The fourth-order valence-electron chi connectivity index (χ4n) is 3.94. The fourth-order valence-corrected chi connectivity index (χ4v) is 3.94. The van der Waals surface area contributed by atoms with Crippen molar-refractivity contribution in [2.45, 2.75) is 20.1 Å². The Labute approximate surface area is 211 Å². The van der Waals surface area contributed by atoms with Crippen LogP contribution in [0.15, 0.2) is 67.3 Å². The minimum Gasteiger partial charge on any atom is -0.471 e. The van der Waals surface area contributed by atoms with E-state index >= 15 is 0 Å². The minimum atomic E-state index is -0.469. The molecule has 37 heavy (non-hydrogen) atoms. The van der Waals surface area contributed by atoms with Crippen LogP contribution in [0.3, 0.4) is 0 Å². The van der Waals surface area contributed by atoms with Gasteiger partial charge in [0.1, 0.15) is 6.61 Å². The van der Waals surface area contributed by atoms with Crippen LogP contribution in [0.5, 0.6) is 17.4 Å². The van der Waals surface area contributed by atoms with Crippen molar-refractivity contribution in [2.75, 3.05) is 13.4 Å². The van der Waals surface area contributed by atoms with E-state index in [1.165, 1.54) is 17.1 Å². The number of rotatable bonds is 8. The number of carbonyl (C=O) groups excluding carboxylic acids is 1. The van der Waals surface area contributed by atoms with Gasteiger partial charge < -0.3 is 23.5 Å². The number of nitrogens with zero attached hydrogens (tertiary/aromatic N) is 6. The third-order valence-corrected chi connectivity index (χ3v) is 5.73. The monoisotopic (exact) mass is 498 g/mol. The zero-order valence-electron chi connectivity index (χ0n) is 19.9. The summed E-state index contributed by atoms with van der Waals surface area (Å²) < 4.78 is 25.4. The van der Waals surface area contributed by atoms with E-state index < -0.39 is 5.97 Å². The maximum Gasteiger partial charge on any atom is 0.341 e. The fraction of sp³-hybridized carbons (Fsp3) is 0.192. The van der Waals surface area contributed by atoms with Crippen molar-refractivity contribution < 1.29 is 23.7 Å². The first-order valence-corrected chi connectivity index (χ1v) is 11.7. The number of hydrogen-bond acceptors (Lipinski definition) is 9. The Balaban J connectivity index is 1.38. The highest BCUT2D eigenvalue weighted by Crippen LogP contribution is 2.33. The summed E-state index contributed by atoms with van der Waals surface area (Å²) in [7, 11) is 0. The van der Waals surface area contributed by atoms with Crippen molar-refractivity contribution in [1.82, 2.24) is 29.3 Å². The molecule has 0 bridgehead atoms. The van der Waals surface area contributed by atoms with Gasteiger partial charge in [0.15, 0.2) is 22.7 Å². The van der Waals surface area contributed by atoms with Gasteiger partial charge in [0, 0.05) is 6.20 Å². The van der Waals surface area contributed by atoms with Crippen LogP contribution in [0.25, 0.3) is 17.1 Å². The van der Waals surface area contributed by atoms with Gasteiger partial charge in [0.05, 0.1) is 31.2 Å². The van der Waals surface area contributed by atoms with Crippen LogP contribution in [0.2, 0.25) is 0 Å². The summed E-state index contributed by atoms with van der Waals surface area (Å²) in [6, 6.07) is 15.6. The lowest BCUT2D eigenvalue weighted by Gasteiger charge is -2.10. The molecule has 0 aliphatic carbocycles. The molecular weight excluding hydrogens is 476 g/mol. The van der Waals surface area contributed by atoms with Crippen LogP contribution in [-0.4, -0.2) is 48.7 Å². The Morgan fingerprint density at radius 1 is 1.05 bits per heavy atom. The molecule has 0 N–H and O–H groups in total. The second kappa shape index (κ2) is 9.61. The average Bonchev–Trinajstić information content (AvgIpc) is 3.68. The number of carbonyl (C=O) groups is 1. The van der Waals surface area contributed by atoms with Crippen molar-refractivity contribution >= 4 is 17.1 Å². The zero-order valence-corrected chi connectivity index (χ0v) is 19.9. The number of ether oxygens (including phenoxy) is 4. The Morgan fingerprint density at radius 3 is 2.78 bits per heavy atom. The highest BCUT2D eigenvalue weighted by atomic mass is 16.7. The summed E-state index contributed by atoms with van der Waals surface area (Å²) in [5, 5.41) is 4.27. The minimum absolute atomic E-state index is 0.211. The zero-order chi connectivity index (χ0) is 25.2. The Hall–Kier alpha value is -4.93. The molecule has 0 unspecified atom stereocenters. The first-order chi connectivity index (χ1) is 18.2. The molecule has 5 aromatic rings. The smallest absolute Gasteiger partial charge is 0.341 e. The Morgan fingerprint density at radius 2 is 1.92 bits per heavy atom. The summed E-state index contributed by atoms with van der Waals surface area (Å²) in [4.78, 5) is 26.0. The van der Waals surface area contributed by atoms with Gasteiger partial charge in [-0.3, -0.25) is 0 Å². The van der Waals surface area contributed by atoms with E-state index in [0.717, 1.165) is 16.9 Å². The molecule has 0 amide bonds. The van der Waals surface area contributed by atoms with E-state index in [1.54, 1.807) is 13.3 Å². The van der Waals surface area contributed by atoms with Crippen molar-refractivity contribution in [1.29, 1.82) is 0 Å². The first kappa shape index (κ1) is 22.5. The quantitative estimate of drug-likeness (QED) is 0.296. The van der Waals surface area contributed by atoms with Crippen LogP contribution in [0.1, 0.15) is 28.4 Å². The normalized spacial score (nSPS) is 12.1. The van der Waals surface area contributed by atoms with Gasteiger partial charge >= 0.3 is 5.97 Å². The summed E-state index contributed by atoms with van der Waals surface area (Å²) in [6.07, 6.45) is 4.63. The van der Waals surface area contributed by atoms with Crippen LogP contribution in [0, 0.1) is 0 Å². The van der Waals surface area contributed by atoms with E-state index in [4.69, 9.17) is 23.9 Å². The van der Waals surface area contributed by atoms with Crippen molar-refractivity contribution in [2.24, 2.45) is 0 Å². The molecule has 0 atom stereocenters. The van der Waals surface area contributed by atoms with E-state index in [1.807, 2.05) is 53.1 Å². The highest BCUT2D eigenvalue weighted by Gasteiger charge is 2.19. The maximum atomic E-state index is 12.2. The predicted molar refractivity (Wildman–Crippen MR) is 131 cm³/mol. The Bertz CT molecular complexity index is 1580. The van der Waals surface area contributed by atoms with Gasteiger partial charge in [-0.1, -0.05) is 36.4 Å². The lowest BCUT2D eigenvalue weighted by molar-refractivity contribution is 0.0526. The standard InChI is InChI=1S/C26H22N6O5/c1-2-34-25(33)19-11-28-32(13-19)26-29-23-22(24(30-26)35-14-17-6-4-3-5-7-17)27-15-31(23)12-18-8-9-20-21(10-18)37-16-36-20/h3-11,13,15H,2,12,14,16H2,1H3. The van der Waals surface area contributed by atoms with Crippen molar-refractivity contribution in [3.05, 3.63) is 83.9 Å². The summed E-state index contributed by atoms with van der Waals surface area (Å²) >= 11 is 0. The molecule has 1 aliphatic heterocycles. The molecule has 0 saturated heterocycles. The Kier molecular flexibility index (Phi) is 5.85. The SMILES string of the molecule is CCOC(=O)c1cnn(-c2nc(OCc3ccccc3)c3ncn(Cc4ccc5c(c4)OCO5)c3n2)c1. The molecule has 11 nitrogen and oxygen atoms in total. The third kappa shape index (κ3) is 4.54. The molecule has 1 aliphatic rings. The number of benzene rings is 2. The predicted octanol–water partition coefficient (Wildman–Crippen LogP) is 3.54. The molecule has 6 rings (SSSR count). The summed E-state index contributed by atoms with van der Waals surface area (Å²) in [5.74, 6) is 1.49. The molecule has 0 spiro atoms. The van der Waals surface area contributed by atoms with Crippen LogP contribution in [0.4, 0.5) is 0 Å². The van der Waals surface area contributed by atoms with Gasteiger partial charge in [-0.25, -0.2) is 14.5 Å². The topological polar surface area (TPSA) is 115 Å². The number of esters is 1. The van der Waals surface area contributed by atoms with Gasteiger partial charge in [-0.15, -0.1) is 0 Å². The summed E-state index contributed by atoms with van der Waals surface area (Å²) in [5.41, 5.74) is 3.33. The van der Waals surface area contributed by atoms with Crippen LogP contribution in [-0.2, 0) is 17.9 Å². The molecule has 2 aromatic carbocycles. The van der Waals surface area contributed by atoms with Gasteiger partial charge in [-0.2, -0.15) is 15.1 Å². The van der Waals surface area contributed by atoms with E-state index in [-0.39, 0.29) is 19.3 Å². The molecular formula is C26H22N6O5. The molecule has 0 saturated carbocycles. The number of aromatic nitrogens is 6. The largest absolute Gasteiger partial charge is 0.471 e. The molecule has 186 valence electrons. The van der Waals surface area contributed by atoms with Crippen molar-refractivity contribution in [3.63, 3.8) is 0 Å². The van der Waals surface area contributed by atoms with E-state index in [0.29, 0.717) is 41.5 Å². The van der Waals surface area contributed by atoms with Gasteiger partial charge in [0.25, 0.3) is 5.95 Å². The molecule has 11 heteroatoms. The van der Waals surface area contributed by atoms with Gasteiger partial charge in [0.2, 0.25) is 12.7 Å². The van der Waals surface area contributed by atoms with E-state index in [2.05, 4.69) is 15.1 Å². The second-order valence-corrected chi connectivity index (χ2v) is 8.23. The van der Waals surface area contributed by atoms with Crippen molar-refractivity contribution in [3.8, 4) is 23.3 Å². The van der Waals surface area contributed by atoms with E-state index in [9.17, 15) is 4.79 Å². The molecule has 0 fully saturated rings. The molecule has 4 heterocycles. The lowest BCUT2D eigenvalue weighted by atomic mass is 10.2. The second-order valence-electron chi connectivity index (χ2n) is 8.23. The van der Waals surface area contributed by atoms with Gasteiger partial charge in [-0.05, 0) is 30.2 Å². The lowest BCUT2D eigenvalue weighted by Crippen LogP contribution is -2.08. The molecule has 3 aromatic heterocycles. The van der Waals surface area contributed by atoms with Crippen LogP contribution >= 0.6 is 0 Å². The molecule has 0 radical (unpaired) electrons. The average molecular weight is 498 g/mol. The first-order valence-electron chi connectivity index (χ1n) is 11.7. The number of hydrogen-bond donors (Lipinski definition) is 0.